The molecule has 1 heterocycles. The first-order valence-electron chi connectivity index (χ1n) is 8.11. The van der Waals surface area contributed by atoms with Crippen LogP contribution < -0.4 is 5.32 Å². The van der Waals surface area contributed by atoms with Crippen molar-refractivity contribution in [1.29, 1.82) is 0 Å². The zero-order chi connectivity index (χ0) is 19.0. The maximum Gasteiger partial charge on any atom is 0.311 e. The molecule has 25 heavy (non-hydrogen) atoms. The van der Waals surface area contributed by atoms with Crippen LogP contribution in [-0.4, -0.2) is 63.3 Å². The summed E-state index contributed by atoms with van der Waals surface area (Å²) in [6.45, 7) is 6.54. The molecule has 2 rings (SSSR count). The van der Waals surface area contributed by atoms with Crippen molar-refractivity contribution in [1.82, 2.24) is 5.32 Å². The van der Waals surface area contributed by atoms with E-state index >= 15 is 0 Å². The molecular formula is C15H25NO8S. The number of fused-ring (bicyclic) bond motifs is 1. The number of esters is 1. The summed E-state index contributed by atoms with van der Waals surface area (Å²) in [6, 6.07) is -0.773. The fraction of sp³-hybridized carbons (Fsp3) is 0.867. The predicted octanol–water partition coefficient (Wildman–Crippen LogP) is -0.0610. The van der Waals surface area contributed by atoms with Crippen LogP contribution in [0.2, 0.25) is 0 Å². The van der Waals surface area contributed by atoms with Gasteiger partial charge in [-0.25, -0.2) is 0 Å². The van der Waals surface area contributed by atoms with Crippen LogP contribution >= 0.6 is 0 Å². The van der Waals surface area contributed by atoms with E-state index in [0.29, 0.717) is 0 Å². The van der Waals surface area contributed by atoms with Gasteiger partial charge >= 0.3 is 5.97 Å². The van der Waals surface area contributed by atoms with Gasteiger partial charge < -0.3 is 19.5 Å². The summed E-state index contributed by atoms with van der Waals surface area (Å²) in [5.41, 5.74) is 0. The van der Waals surface area contributed by atoms with Crippen LogP contribution in [0.4, 0.5) is 0 Å². The summed E-state index contributed by atoms with van der Waals surface area (Å²) in [5, 5.41) is 2.67. The molecule has 0 aromatic rings. The molecule has 10 heteroatoms. The van der Waals surface area contributed by atoms with Crippen molar-refractivity contribution in [3.05, 3.63) is 0 Å². The molecule has 0 bridgehead atoms. The first-order valence-corrected chi connectivity index (χ1v) is 9.93. The molecule has 1 aliphatic heterocycles. The van der Waals surface area contributed by atoms with Crippen LogP contribution in [0, 0.1) is 5.92 Å². The molecule has 0 radical (unpaired) electrons. The molecule has 5 atom stereocenters. The van der Waals surface area contributed by atoms with Crippen LogP contribution in [0.3, 0.4) is 0 Å². The van der Waals surface area contributed by atoms with Crippen molar-refractivity contribution >= 4 is 22.0 Å². The van der Waals surface area contributed by atoms with Crippen molar-refractivity contribution in [2.45, 2.75) is 64.3 Å². The van der Waals surface area contributed by atoms with Crippen molar-refractivity contribution in [3.8, 4) is 0 Å². The Morgan fingerprint density at radius 3 is 2.36 bits per heavy atom. The zero-order valence-corrected chi connectivity index (χ0v) is 15.8. The lowest BCUT2D eigenvalue weighted by atomic mass is 9.79. The van der Waals surface area contributed by atoms with Gasteiger partial charge in [-0.15, -0.1) is 0 Å². The highest BCUT2D eigenvalue weighted by Crippen LogP contribution is 2.41. The lowest BCUT2D eigenvalue weighted by Crippen LogP contribution is -2.61. The van der Waals surface area contributed by atoms with Gasteiger partial charge in [0, 0.05) is 6.92 Å². The highest BCUT2D eigenvalue weighted by Gasteiger charge is 2.57. The van der Waals surface area contributed by atoms with E-state index < -0.39 is 52.1 Å². The van der Waals surface area contributed by atoms with Gasteiger partial charge in [0.15, 0.2) is 5.79 Å². The minimum absolute atomic E-state index is 0.0253. The molecule has 1 saturated heterocycles. The van der Waals surface area contributed by atoms with E-state index in [1.54, 1.807) is 20.8 Å². The van der Waals surface area contributed by atoms with Crippen LogP contribution in [0.5, 0.6) is 0 Å². The van der Waals surface area contributed by atoms with Crippen LogP contribution in [0.25, 0.3) is 0 Å². The molecule has 0 aromatic heterocycles. The number of hydrogen-bond acceptors (Lipinski definition) is 8. The smallest absolute Gasteiger partial charge is 0.311 e. The second-order valence-electron chi connectivity index (χ2n) is 6.72. The highest BCUT2D eigenvalue weighted by atomic mass is 32.2. The summed E-state index contributed by atoms with van der Waals surface area (Å²) < 4.78 is 45.2. The summed E-state index contributed by atoms with van der Waals surface area (Å²) in [4.78, 5) is 23.9. The Balaban J connectivity index is 2.38. The second kappa shape index (κ2) is 7.18. The Kier molecular flexibility index (Phi) is 5.77. The number of carbonyl (C=O) groups excluding carboxylic acids is 2. The van der Waals surface area contributed by atoms with Crippen molar-refractivity contribution < 1.29 is 36.4 Å². The van der Waals surface area contributed by atoms with Gasteiger partial charge in [-0.3, -0.25) is 13.8 Å². The van der Waals surface area contributed by atoms with Gasteiger partial charge in [0.2, 0.25) is 5.91 Å². The fourth-order valence-electron chi connectivity index (χ4n) is 3.36. The average Bonchev–Trinajstić information content (AvgIpc) is 2.75. The SMILES string of the molecule is CCOC(=O)C1C[C@H](OS(C)(=O)=O)[C@@H](NC(C)=O)[C@@H]2OC(C)(C)O[C@H]12. The molecule has 144 valence electrons. The molecule has 9 nitrogen and oxygen atoms in total. The highest BCUT2D eigenvalue weighted by molar-refractivity contribution is 7.86. The average molecular weight is 379 g/mol. The predicted molar refractivity (Wildman–Crippen MR) is 85.9 cm³/mol. The van der Waals surface area contributed by atoms with Gasteiger partial charge in [-0.1, -0.05) is 0 Å². The Hall–Kier alpha value is -1.23. The molecule has 2 fully saturated rings. The Morgan fingerprint density at radius 2 is 1.84 bits per heavy atom. The van der Waals surface area contributed by atoms with Crippen LogP contribution in [0.15, 0.2) is 0 Å². The van der Waals surface area contributed by atoms with Crippen LogP contribution in [0.1, 0.15) is 34.1 Å². The molecule has 1 amide bonds. The van der Waals surface area contributed by atoms with E-state index in [1.165, 1.54) is 6.92 Å². The molecular weight excluding hydrogens is 354 g/mol. The molecule has 0 spiro atoms. The Bertz CT molecular complexity index is 631. The van der Waals surface area contributed by atoms with Gasteiger partial charge in [0.25, 0.3) is 10.1 Å². The standard InChI is InChI=1S/C15H25NO8S/c1-6-21-14(18)9-7-10(24-25(5,19)20)11(16-8(2)17)13-12(9)22-15(3,4)23-13/h9-13H,6-7H2,1-5H3,(H,16,17)/t9?,10-,11+,12+,13-/m0/s1. The third kappa shape index (κ3) is 4.90. The van der Waals surface area contributed by atoms with Crippen molar-refractivity contribution in [2.24, 2.45) is 5.92 Å². The number of hydrogen-bond donors (Lipinski definition) is 1. The summed E-state index contributed by atoms with van der Waals surface area (Å²) in [7, 11) is -3.81. The summed E-state index contributed by atoms with van der Waals surface area (Å²) in [6.07, 6.45) is -1.44. The molecule has 1 N–H and O–H groups in total. The molecule has 1 unspecified atom stereocenters. The molecule has 1 aliphatic carbocycles. The monoisotopic (exact) mass is 379 g/mol. The largest absolute Gasteiger partial charge is 0.466 e. The third-order valence-corrected chi connectivity index (χ3v) is 4.66. The van der Waals surface area contributed by atoms with E-state index in [4.69, 9.17) is 18.4 Å². The van der Waals surface area contributed by atoms with Crippen LogP contribution in [-0.2, 0) is 38.1 Å². The lowest BCUT2D eigenvalue weighted by Gasteiger charge is -2.40. The van der Waals surface area contributed by atoms with E-state index in [1.807, 2.05) is 0 Å². The summed E-state index contributed by atoms with van der Waals surface area (Å²) >= 11 is 0. The van der Waals surface area contributed by atoms with Crippen molar-refractivity contribution in [3.63, 3.8) is 0 Å². The van der Waals surface area contributed by atoms with Gasteiger partial charge in [-0.05, 0) is 27.2 Å². The normalized spacial score (nSPS) is 34.2. The van der Waals surface area contributed by atoms with E-state index in [0.717, 1.165) is 6.26 Å². The second-order valence-corrected chi connectivity index (χ2v) is 8.32. The number of nitrogens with one attached hydrogen (secondary N) is 1. The van der Waals surface area contributed by atoms with Crippen molar-refractivity contribution in [2.75, 3.05) is 12.9 Å². The minimum atomic E-state index is -3.81. The fourth-order valence-corrected chi connectivity index (χ4v) is 4.01. The maximum atomic E-state index is 12.3. The van der Waals surface area contributed by atoms with Gasteiger partial charge in [0.1, 0.15) is 18.3 Å². The Morgan fingerprint density at radius 1 is 1.24 bits per heavy atom. The molecule has 2 aliphatic rings. The number of rotatable bonds is 5. The zero-order valence-electron chi connectivity index (χ0n) is 15.0. The first-order chi connectivity index (χ1) is 11.4. The molecule has 0 aromatic carbocycles. The van der Waals surface area contributed by atoms with Gasteiger partial charge in [0.05, 0.1) is 24.8 Å². The van der Waals surface area contributed by atoms with E-state index in [9.17, 15) is 18.0 Å². The maximum absolute atomic E-state index is 12.3. The first kappa shape index (κ1) is 20.1. The lowest BCUT2D eigenvalue weighted by molar-refractivity contribution is -0.164. The number of carbonyl (C=O) groups is 2. The minimum Gasteiger partial charge on any atom is -0.466 e. The van der Waals surface area contributed by atoms with Gasteiger partial charge in [-0.2, -0.15) is 8.42 Å². The third-order valence-electron chi connectivity index (χ3n) is 4.06. The topological polar surface area (TPSA) is 117 Å². The molecule has 1 saturated carbocycles. The number of ether oxygens (including phenoxy) is 3. The number of amides is 1. The summed E-state index contributed by atoms with van der Waals surface area (Å²) in [5.74, 6) is -2.63. The van der Waals surface area contributed by atoms with E-state index in [-0.39, 0.29) is 18.9 Å². The Labute approximate surface area is 147 Å². The van der Waals surface area contributed by atoms with E-state index in [2.05, 4.69) is 5.32 Å². The quantitative estimate of drug-likeness (QED) is 0.521.